The summed E-state index contributed by atoms with van der Waals surface area (Å²) < 4.78 is 0.782. The van der Waals surface area contributed by atoms with Crippen LogP contribution in [-0.4, -0.2) is 4.98 Å². The maximum absolute atomic E-state index is 11.4. The smallest absolute Gasteiger partial charge is 0.255 e. The summed E-state index contributed by atoms with van der Waals surface area (Å²) in [6, 6.07) is 4.72. The van der Waals surface area contributed by atoms with E-state index in [0.29, 0.717) is 5.39 Å². The zero-order valence-corrected chi connectivity index (χ0v) is 8.54. The third-order valence-corrected chi connectivity index (χ3v) is 2.60. The Kier molecular flexibility index (Phi) is 2.17. The molecule has 0 spiro atoms. The minimum absolute atomic E-state index is 0.228. The van der Waals surface area contributed by atoms with Gasteiger partial charge in [0.25, 0.3) is 5.56 Å². The number of nitroso groups, excluding NO2 is 1. The Bertz CT molecular complexity index is 562. The lowest BCUT2D eigenvalue weighted by Gasteiger charge is -1.98. The normalized spacial score (nSPS) is 10.4. The molecule has 2 rings (SSSR count). The summed E-state index contributed by atoms with van der Waals surface area (Å²) in [5.74, 6) is 0. The van der Waals surface area contributed by atoms with Gasteiger partial charge in [0.2, 0.25) is 0 Å². The summed E-state index contributed by atoms with van der Waals surface area (Å²) in [4.78, 5) is 24.2. The second kappa shape index (κ2) is 3.34. The highest BCUT2D eigenvalue weighted by molar-refractivity contribution is 9.10. The van der Waals surface area contributed by atoms with E-state index in [2.05, 4.69) is 26.1 Å². The molecule has 0 aliphatic carbocycles. The van der Waals surface area contributed by atoms with Crippen LogP contribution in [0, 0.1) is 4.91 Å². The molecule has 1 N–H and O–H groups in total. The average molecular weight is 253 g/mol. The Hall–Kier alpha value is -1.49. The number of aromatic amines is 1. The van der Waals surface area contributed by atoms with Crippen LogP contribution in [0.25, 0.3) is 10.8 Å². The number of fused-ring (bicyclic) bond motifs is 1. The first kappa shape index (κ1) is 9.08. The van der Waals surface area contributed by atoms with Gasteiger partial charge in [-0.1, -0.05) is 6.07 Å². The fourth-order valence-electron chi connectivity index (χ4n) is 1.27. The van der Waals surface area contributed by atoms with Crippen LogP contribution in [0.4, 0.5) is 5.69 Å². The second-order valence-corrected chi connectivity index (χ2v) is 3.64. The number of pyridine rings is 1. The van der Waals surface area contributed by atoms with Gasteiger partial charge >= 0.3 is 0 Å². The van der Waals surface area contributed by atoms with Gasteiger partial charge < -0.3 is 4.98 Å². The molecule has 0 radical (unpaired) electrons. The van der Waals surface area contributed by atoms with Gasteiger partial charge in [-0.05, 0) is 33.2 Å². The van der Waals surface area contributed by atoms with Crippen molar-refractivity contribution in [2.45, 2.75) is 0 Å². The van der Waals surface area contributed by atoms with Crippen LogP contribution in [0.2, 0.25) is 0 Å². The highest BCUT2D eigenvalue weighted by Crippen LogP contribution is 2.23. The van der Waals surface area contributed by atoms with Crippen molar-refractivity contribution in [2.24, 2.45) is 5.18 Å². The van der Waals surface area contributed by atoms with Crippen molar-refractivity contribution in [3.63, 3.8) is 0 Å². The van der Waals surface area contributed by atoms with E-state index < -0.39 is 0 Å². The molecule has 2 aromatic rings. The van der Waals surface area contributed by atoms with Gasteiger partial charge in [-0.25, -0.2) is 0 Å². The molecule has 0 amide bonds. The number of hydrogen-bond acceptors (Lipinski definition) is 3. The zero-order chi connectivity index (χ0) is 10.1. The first-order valence-electron chi connectivity index (χ1n) is 3.86. The third kappa shape index (κ3) is 1.35. The molecule has 0 aliphatic rings. The van der Waals surface area contributed by atoms with Crippen LogP contribution >= 0.6 is 15.9 Å². The van der Waals surface area contributed by atoms with Crippen molar-refractivity contribution >= 4 is 32.4 Å². The quantitative estimate of drug-likeness (QED) is 0.794. The monoisotopic (exact) mass is 252 g/mol. The maximum atomic E-state index is 11.4. The van der Waals surface area contributed by atoms with Gasteiger partial charge in [-0.3, -0.25) is 4.79 Å². The average Bonchev–Trinajstić information content (AvgIpc) is 2.23. The lowest BCUT2D eigenvalue weighted by atomic mass is 10.1. The Balaban J connectivity index is 2.94. The maximum Gasteiger partial charge on any atom is 0.255 e. The van der Waals surface area contributed by atoms with E-state index >= 15 is 0 Å². The van der Waals surface area contributed by atoms with E-state index in [9.17, 15) is 9.70 Å². The molecule has 5 heteroatoms. The Morgan fingerprint density at radius 2 is 2.07 bits per heavy atom. The standard InChI is InChI=1S/C9H5BrN2O2/c10-8-4-11-9(13)7-3-5(12-14)1-2-6(7)8/h1-4H,(H,11,13). The van der Waals surface area contributed by atoms with Gasteiger partial charge in [-0.2, -0.15) is 0 Å². The lowest BCUT2D eigenvalue weighted by molar-refractivity contribution is 1.26. The zero-order valence-electron chi connectivity index (χ0n) is 6.95. The summed E-state index contributed by atoms with van der Waals surface area (Å²) in [6.45, 7) is 0. The SMILES string of the molecule is O=Nc1ccc2c(Br)c[nH]c(=O)c2c1. The van der Waals surface area contributed by atoms with Crippen LogP contribution in [0.5, 0.6) is 0 Å². The lowest BCUT2D eigenvalue weighted by Crippen LogP contribution is -2.04. The van der Waals surface area contributed by atoms with Gasteiger partial charge in [0, 0.05) is 16.1 Å². The molecule has 0 fully saturated rings. The summed E-state index contributed by atoms with van der Waals surface area (Å²) in [5.41, 5.74) is 0.0230. The number of rotatable bonds is 1. The highest BCUT2D eigenvalue weighted by atomic mass is 79.9. The molecule has 0 bridgehead atoms. The van der Waals surface area contributed by atoms with E-state index in [-0.39, 0.29) is 11.2 Å². The largest absolute Gasteiger partial charge is 0.327 e. The fraction of sp³-hybridized carbons (Fsp3) is 0. The minimum atomic E-state index is -0.228. The summed E-state index contributed by atoms with van der Waals surface area (Å²) >= 11 is 3.30. The van der Waals surface area contributed by atoms with Crippen LogP contribution < -0.4 is 5.56 Å². The number of aromatic nitrogens is 1. The molecule has 0 saturated heterocycles. The van der Waals surface area contributed by atoms with E-state index in [1.165, 1.54) is 6.07 Å². The van der Waals surface area contributed by atoms with Crippen molar-refractivity contribution in [1.29, 1.82) is 0 Å². The molecule has 1 heterocycles. The molecular weight excluding hydrogens is 248 g/mol. The Morgan fingerprint density at radius 3 is 2.79 bits per heavy atom. The van der Waals surface area contributed by atoms with Gasteiger partial charge in [0.05, 0.1) is 5.39 Å². The van der Waals surface area contributed by atoms with Gasteiger partial charge in [0.15, 0.2) is 0 Å². The second-order valence-electron chi connectivity index (χ2n) is 2.79. The topological polar surface area (TPSA) is 62.3 Å². The molecular formula is C9H5BrN2O2. The summed E-state index contributed by atoms with van der Waals surface area (Å²) in [7, 11) is 0. The number of nitrogens with zero attached hydrogens (tertiary/aromatic N) is 1. The summed E-state index contributed by atoms with van der Waals surface area (Å²) in [5, 5.41) is 3.99. The van der Waals surface area contributed by atoms with Crippen LogP contribution in [0.1, 0.15) is 0 Å². The number of H-pyrrole nitrogens is 1. The third-order valence-electron chi connectivity index (χ3n) is 1.94. The number of halogens is 1. The number of hydrogen-bond donors (Lipinski definition) is 1. The molecule has 14 heavy (non-hydrogen) atoms. The van der Waals surface area contributed by atoms with Crippen molar-refractivity contribution < 1.29 is 0 Å². The molecule has 4 nitrogen and oxygen atoms in total. The molecule has 1 aromatic heterocycles. The van der Waals surface area contributed by atoms with Crippen LogP contribution in [0.15, 0.2) is 38.8 Å². The minimum Gasteiger partial charge on any atom is -0.327 e. The highest BCUT2D eigenvalue weighted by Gasteiger charge is 2.03. The van der Waals surface area contributed by atoms with Crippen molar-refractivity contribution in [1.82, 2.24) is 4.98 Å². The van der Waals surface area contributed by atoms with E-state index in [1.807, 2.05) is 0 Å². The first-order valence-corrected chi connectivity index (χ1v) is 4.66. The molecule has 70 valence electrons. The Morgan fingerprint density at radius 1 is 1.29 bits per heavy atom. The van der Waals surface area contributed by atoms with Gasteiger partial charge in [0.1, 0.15) is 5.69 Å². The Labute approximate surface area is 87.1 Å². The molecule has 0 unspecified atom stereocenters. The molecule has 1 aromatic carbocycles. The predicted molar refractivity (Wildman–Crippen MR) is 57.7 cm³/mol. The van der Waals surface area contributed by atoms with Crippen molar-refractivity contribution in [3.05, 3.63) is 44.1 Å². The molecule has 0 saturated carbocycles. The van der Waals surface area contributed by atoms with Crippen molar-refractivity contribution in [2.75, 3.05) is 0 Å². The van der Waals surface area contributed by atoms with E-state index in [4.69, 9.17) is 0 Å². The van der Waals surface area contributed by atoms with Crippen molar-refractivity contribution in [3.8, 4) is 0 Å². The number of nitrogens with one attached hydrogen (secondary N) is 1. The molecule has 0 aliphatic heterocycles. The molecule has 0 atom stereocenters. The number of benzene rings is 1. The van der Waals surface area contributed by atoms with Crippen LogP contribution in [-0.2, 0) is 0 Å². The summed E-state index contributed by atoms with van der Waals surface area (Å²) in [6.07, 6.45) is 1.57. The predicted octanol–water partition coefficient (Wildman–Crippen LogP) is 2.69. The van der Waals surface area contributed by atoms with Crippen LogP contribution in [0.3, 0.4) is 0 Å². The van der Waals surface area contributed by atoms with Gasteiger partial charge in [-0.15, -0.1) is 4.91 Å². The van der Waals surface area contributed by atoms with E-state index in [0.717, 1.165) is 9.86 Å². The fourth-order valence-corrected chi connectivity index (χ4v) is 1.73. The first-order chi connectivity index (χ1) is 6.72. The van der Waals surface area contributed by atoms with E-state index in [1.54, 1.807) is 18.3 Å².